The number of rotatable bonds is 10. The van der Waals surface area contributed by atoms with Crippen LogP contribution in [-0.2, 0) is 4.79 Å². The van der Waals surface area contributed by atoms with Crippen molar-refractivity contribution >= 4 is 34.6 Å². The van der Waals surface area contributed by atoms with Crippen molar-refractivity contribution in [2.24, 2.45) is 0 Å². The van der Waals surface area contributed by atoms with Gasteiger partial charge in [-0.2, -0.15) is 4.98 Å². The molecule has 0 saturated heterocycles. The van der Waals surface area contributed by atoms with Crippen LogP contribution in [0.2, 0.25) is 0 Å². The average molecular weight is 501 g/mol. The number of pyridine rings is 2. The van der Waals surface area contributed by atoms with Crippen LogP contribution in [0.4, 0.5) is 23.1 Å². The second kappa shape index (κ2) is 11.1. The molecule has 4 aromatic rings. The fraction of sp³-hybridized carbons (Fsp3) is 0.259. The van der Waals surface area contributed by atoms with E-state index in [1.807, 2.05) is 50.4 Å². The third kappa shape index (κ3) is 5.70. The van der Waals surface area contributed by atoms with Gasteiger partial charge in [0.15, 0.2) is 5.82 Å². The van der Waals surface area contributed by atoms with Gasteiger partial charge in [-0.05, 0) is 63.0 Å². The average Bonchev–Trinajstić information content (AvgIpc) is 3.24. The first-order chi connectivity index (χ1) is 17.8. The highest BCUT2D eigenvalue weighted by Gasteiger charge is 2.18. The molecular formula is C27H32N8O2. The number of carbonyl (C=O) groups is 1. The van der Waals surface area contributed by atoms with E-state index in [1.54, 1.807) is 19.4 Å². The smallest absolute Gasteiger partial charge is 0.247 e. The number of hydrogen-bond acceptors (Lipinski definition) is 8. The quantitative estimate of drug-likeness (QED) is 0.316. The predicted molar refractivity (Wildman–Crippen MR) is 148 cm³/mol. The lowest BCUT2D eigenvalue weighted by Crippen LogP contribution is -2.30. The van der Waals surface area contributed by atoms with Crippen LogP contribution >= 0.6 is 0 Å². The van der Waals surface area contributed by atoms with Crippen LogP contribution in [0.25, 0.3) is 16.9 Å². The molecule has 4 aromatic heterocycles. The van der Waals surface area contributed by atoms with Crippen LogP contribution in [0.3, 0.4) is 0 Å². The zero-order chi connectivity index (χ0) is 26.5. The van der Waals surface area contributed by atoms with Gasteiger partial charge in [0.25, 0.3) is 0 Å². The number of likely N-dealkylation sites (N-methyl/N-ethyl adjacent to an activating group) is 2. The maximum Gasteiger partial charge on any atom is 0.247 e. The highest BCUT2D eigenvalue weighted by Crippen LogP contribution is 2.35. The summed E-state index contributed by atoms with van der Waals surface area (Å²) < 4.78 is 7.69. The Bertz CT molecular complexity index is 1430. The molecule has 1 amide bonds. The van der Waals surface area contributed by atoms with Crippen LogP contribution in [-0.4, -0.2) is 71.5 Å². The first kappa shape index (κ1) is 25.6. The van der Waals surface area contributed by atoms with Crippen molar-refractivity contribution in [3.8, 4) is 17.3 Å². The largest absolute Gasteiger partial charge is 0.479 e. The Balaban J connectivity index is 1.71. The van der Waals surface area contributed by atoms with Crippen molar-refractivity contribution in [2.45, 2.75) is 6.92 Å². The topological polar surface area (TPSA) is 99.9 Å². The SMILES string of the molecule is C=CC(=O)Nc1cc(Nc2nccc(-c3cc(C)c4ccccn34)n2)c(OC)nc1N(C)CCN(C)C. The molecule has 0 spiro atoms. The molecule has 10 nitrogen and oxygen atoms in total. The third-order valence-electron chi connectivity index (χ3n) is 5.89. The van der Waals surface area contributed by atoms with Gasteiger partial charge in [-0.25, -0.2) is 9.97 Å². The summed E-state index contributed by atoms with van der Waals surface area (Å²) in [6.07, 6.45) is 4.93. The lowest BCUT2D eigenvalue weighted by atomic mass is 10.2. The van der Waals surface area contributed by atoms with Crippen LogP contribution in [0.15, 0.2) is 61.4 Å². The molecule has 0 fully saturated rings. The number of hydrogen-bond donors (Lipinski definition) is 2. The molecule has 10 heteroatoms. The Hall–Kier alpha value is -4.44. The molecular weight excluding hydrogens is 468 g/mol. The van der Waals surface area contributed by atoms with Gasteiger partial charge in [-0.1, -0.05) is 12.6 Å². The number of nitrogens with one attached hydrogen (secondary N) is 2. The van der Waals surface area contributed by atoms with Gasteiger partial charge in [0, 0.05) is 38.0 Å². The molecule has 0 aliphatic carbocycles. The second-order valence-electron chi connectivity index (χ2n) is 8.89. The van der Waals surface area contributed by atoms with Gasteiger partial charge in [0.05, 0.1) is 24.2 Å². The number of aryl methyl sites for hydroxylation is 1. The lowest BCUT2D eigenvalue weighted by Gasteiger charge is -2.24. The van der Waals surface area contributed by atoms with E-state index < -0.39 is 0 Å². The van der Waals surface area contributed by atoms with Crippen molar-refractivity contribution in [1.29, 1.82) is 0 Å². The highest BCUT2D eigenvalue weighted by atomic mass is 16.5. The minimum atomic E-state index is -0.339. The Labute approximate surface area is 216 Å². The number of ether oxygens (including phenoxy) is 1. The standard InChI is InChI=1S/C27H32N8O2/c1-7-24(36)29-20-17-21(26(37-6)32-25(20)34(5)15-14-33(3)4)31-27-28-12-11-19(30-27)23-16-18(2)22-10-8-9-13-35(22)23/h7-13,16-17H,1,14-15H2,2-6H3,(H,29,36)(H,28,30,31). The number of aromatic nitrogens is 4. The van der Waals surface area contributed by atoms with E-state index in [0.717, 1.165) is 29.0 Å². The minimum Gasteiger partial charge on any atom is -0.479 e. The number of fused-ring (bicyclic) bond motifs is 1. The Morgan fingerprint density at radius 1 is 1.14 bits per heavy atom. The number of methoxy groups -OCH3 is 1. The molecule has 192 valence electrons. The number of amides is 1. The van der Waals surface area contributed by atoms with Crippen molar-refractivity contribution in [1.82, 2.24) is 24.3 Å². The van der Waals surface area contributed by atoms with Crippen LogP contribution in [0, 0.1) is 6.92 Å². The van der Waals surface area contributed by atoms with Gasteiger partial charge in [0.2, 0.25) is 17.7 Å². The van der Waals surface area contributed by atoms with Gasteiger partial charge in [-0.15, -0.1) is 0 Å². The van der Waals surface area contributed by atoms with Crippen molar-refractivity contribution in [3.63, 3.8) is 0 Å². The van der Waals surface area contributed by atoms with Gasteiger partial charge < -0.3 is 29.6 Å². The second-order valence-corrected chi connectivity index (χ2v) is 8.89. The van der Waals surface area contributed by atoms with Gasteiger partial charge in [-0.3, -0.25) is 4.79 Å². The third-order valence-corrected chi connectivity index (χ3v) is 5.89. The first-order valence-corrected chi connectivity index (χ1v) is 11.9. The molecule has 0 atom stereocenters. The van der Waals surface area contributed by atoms with E-state index in [-0.39, 0.29) is 5.91 Å². The maximum atomic E-state index is 12.2. The molecule has 0 saturated carbocycles. The number of carbonyl (C=O) groups excluding carboxylic acids is 1. The minimum absolute atomic E-state index is 0.339. The molecule has 0 aromatic carbocycles. The summed E-state index contributed by atoms with van der Waals surface area (Å²) in [6, 6.07) is 11.8. The molecule has 0 aliphatic rings. The zero-order valence-electron chi connectivity index (χ0n) is 21.8. The van der Waals surface area contributed by atoms with E-state index in [1.165, 1.54) is 6.08 Å². The van der Waals surface area contributed by atoms with E-state index in [2.05, 4.69) is 50.6 Å². The summed E-state index contributed by atoms with van der Waals surface area (Å²) in [6.45, 7) is 7.14. The van der Waals surface area contributed by atoms with E-state index >= 15 is 0 Å². The molecule has 0 aliphatic heterocycles. The molecule has 4 heterocycles. The van der Waals surface area contributed by atoms with E-state index in [0.29, 0.717) is 35.6 Å². The summed E-state index contributed by atoms with van der Waals surface area (Å²) in [4.78, 5) is 30.1. The predicted octanol–water partition coefficient (Wildman–Crippen LogP) is 3.97. The van der Waals surface area contributed by atoms with Crippen molar-refractivity contribution in [2.75, 3.05) is 56.9 Å². The normalized spacial score (nSPS) is 11.0. The molecule has 4 rings (SSSR count). The van der Waals surface area contributed by atoms with E-state index in [4.69, 9.17) is 14.7 Å². The molecule has 2 N–H and O–H groups in total. The molecule has 0 bridgehead atoms. The molecule has 37 heavy (non-hydrogen) atoms. The Morgan fingerprint density at radius 2 is 1.95 bits per heavy atom. The summed E-state index contributed by atoms with van der Waals surface area (Å²) in [5, 5.41) is 6.07. The monoisotopic (exact) mass is 500 g/mol. The van der Waals surface area contributed by atoms with Crippen LogP contribution < -0.4 is 20.3 Å². The molecule has 0 unspecified atom stereocenters. The highest BCUT2D eigenvalue weighted by molar-refractivity contribution is 6.01. The first-order valence-electron chi connectivity index (χ1n) is 11.9. The van der Waals surface area contributed by atoms with Crippen molar-refractivity contribution < 1.29 is 9.53 Å². The maximum absolute atomic E-state index is 12.2. The fourth-order valence-corrected chi connectivity index (χ4v) is 3.96. The zero-order valence-corrected chi connectivity index (χ0v) is 21.8. The van der Waals surface area contributed by atoms with Crippen LogP contribution in [0.1, 0.15) is 5.56 Å². The van der Waals surface area contributed by atoms with E-state index in [9.17, 15) is 4.79 Å². The van der Waals surface area contributed by atoms with Gasteiger partial charge in [0.1, 0.15) is 5.69 Å². The van der Waals surface area contributed by atoms with Gasteiger partial charge >= 0.3 is 0 Å². The summed E-state index contributed by atoms with van der Waals surface area (Å²) in [5.74, 6) is 0.954. The lowest BCUT2D eigenvalue weighted by molar-refractivity contribution is -0.111. The fourth-order valence-electron chi connectivity index (χ4n) is 3.96. The number of nitrogens with zero attached hydrogens (tertiary/aromatic N) is 6. The van der Waals surface area contributed by atoms with Crippen LogP contribution in [0.5, 0.6) is 5.88 Å². The summed E-state index contributed by atoms with van der Waals surface area (Å²) in [5.41, 5.74) is 5.03. The summed E-state index contributed by atoms with van der Waals surface area (Å²) in [7, 11) is 7.47. The summed E-state index contributed by atoms with van der Waals surface area (Å²) >= 11 is 0. The Kier molecular flexibility index (Phi) is 7.69. The number of anilines is 4. The molecule has 0 radical (unpaired) electrons. The van der Waals surface area contributed by atoms with Crippen molar-refractivity contribution in [3.05, 3.63) is 67.0 Å². The Morgan fingerprint density at radius 3 is 2.68 bits per heavy atom.